The first kappa shape index (κ1) is 28.4. The van der Waals surface area contributed by atoms with Crippen LogP contribution in [0.2, 0.25) is 0 Å². The number of carbonyl (C=O) groups is 2. The number of amides is 1. The number of esters is 1. The van der Waals surface area contributed by atoms with Gasteiger partial charge in [0.2, 0.25) is 0 Å². The lowest BCUT2D eigenvalue weighted by atomic mass is 10.0. The van der Waals surface area contributed by atoms with E-state index in [0.29, 0.717) is 30.3 Å². The Bertz CT molecular complexity index is 1360. The summed E-state index contributed by atoms with van der Waals surface area (Å²) in [4.78, 5) is 25.8. The van der Waals surface area contributed by atoms with E-state index < -0.39 is 24.0 Å². The smallest absolute Gasteiger partial charge is 0.328 e. The molecule has 7 heteroatoms. The van der Waals surface area contributed by atoms with Crippen LogP contribution in [0.25, 0.3) is 0 Å². The van der Waals surface area contributed by atoms with Gasteiger partial charge in [-0.3, -0.25) is 4.79 Å². The third-order valence-corrected chi connectivity index (χ3v) is 6.30. The van der Waals surface area contributed by atoms with E-state index in [0.717, 1.165) is 16.7 Å². The van der Waals surface area contributed by atoms with Crippen LogP contribution in [0.1, 0.15) is 28.4 Å². The lowest BCUT2D eigenvalue weighted by Gasteiger charge is -2.21. The Hall–Kier alpha value is -4.62. The van der Waals surface area contributed by atoms with Crippen LogP contribution in [0.3, 0.4) is 0 Å². The second kappa shape index (κ2) is 14.5. The number of nitrogens with one attached hydrogen (secondary N) is 1. The Morgan fingerprint density at radius 2 is 1.23 bits per heavy atom. The molecule has 0 fully saturated rings. The molecule has 0 unspecified atom stereocenters. The fourth-order valence-electron chi connectivity index (χ4n) is 4.22. The van der Waals surface area contributed by atoms with Gasteiger partial charge in [-0.1, -0.05) is 97.1 Å². The Morgan fingerprint density at radius 1 is 0.675 bits per heavy atom. The third kappa shape index (κ3) is 7.94. The maximum Gasteiger partial charge on any atom is 0.328 e. The summed E-state index contributed by atoms with van der Waals surface area (Å²) in [5, 5.41) is 2.79. The normalized spacial score (nSPS) is 12.2. The summed E-state index contributed by atoms with van der Waals surface area (Å²) in [6.45, 7) is 0.719. The van der Waals surface area contributed by atoms with Crippen molar-refractivity contribution in [3.05, 3.63) is 131 Å². The number of hydrogen-bond acceptors (Lipinski definition) is 6. The Kier molecular flexibility index (Phi) is 10.3. The summed E-state index contributed by atoms with van der Waals surface area (Å²) in [5.41, 5.74) is 3.48. The monoisotopic (exact) mass is 539 g/mol. The highest BCUT2D eigenvalue weighted by molar-refractivity contribution is 5.88. The predicted molar refractivity (Wildman–Crippen MR) is 152 cm³/mol. The summed E-state index contributed by atoms with van der Waals surface area (Å²) in [6.07, 6.45) is -0.684. The topological polar surface area (TPSA) is 83.1 Å². The molecule has 0 bridgehead atoms. The molecule has 0 aromatic heterocycles. The average Bonchev–Trinajstić information content (AvgIpc) is 3.00. The molecule has 2 atom stereocenters. The number of carbonyl (C=O) groups excluding carboxylic acids is 2. The van der Waals surface area contributed by atoms with Crippen molar-refractivity contribution in [2.24, 2.45) is 0 Å². The first-order chi connectivity index (χ1) is 19.6. The molecule has 4 aromatic rings. The van der Waals surface area contributed by atoms with Crippen molar-refractivity contribution in [1.82, 2.24) is 5.32 Å². The molecule has 0 aliphatic heterocycles. The minimum absolute atomic E-state index is 0.185. The maximum absolute atomic E-state index is 13.1. The molecule has 4 rings (SSSR count). The molecule has 0 aliphatic rings. The Morgan fingerprint density at radius 3 is 1.77 bits per heavy atom. The summed E-state index contributed by atoms with van der Waals surface area (Å²) in [5.74, 6) is 0.108. The minimum Gasteiger partial charge on any atom is -0.485 e. The molecule has 0 saturated heterocycles. The second-order valence-electron chi connectivity index (χ2n) is 9.14. The van der Waals surface area contributed by atoms with Gasteiger partial charge in [-0.15, -0.1) is 0 Å². The fourth-order valence-corrected chi connectivity index (χ4v) is 4.22. The number of benzene rings is 4. The zero-order valence-electron chi connectivity index (χ0n) is 22.6. The Balaban J connectivity index is 1.53. The van der Waals surface area contributed by atoms with Gasteiger partial charge >= 0.3 is 5.97 Å². The van der Waals surface area contributed by atoms with E-state index in [1.165, 1.54) is 14.2 Å². The third-order valence-electron chi connectivity index (χ3n) is 6.30. The first-order valence-electron chi connectivity index (χ1n) is 13.0. The molecular formula is C33H33NO6. The SMILES string of the molecule is COC(=O)[C@@H](Cc1ccc(OCc2ccccc2)c(OCc2ccccc2)c1)NC(=O)[C@H](OC)c1ccccc1. The lowest BCUT2D eigenvalue weighted by molar-refractivity contribution is -0.146. The van der Waals surface area contributed by atoms with Crippen LogP contribution in [0, 0.1) is 0 Å². The van der Waals surface area contributed by atoms with Gasteiger partial charge in [-0.05, 0) is 34.4 Å². The van der Waals surface area contributed by atoms with Crippen LogP contribution in [0.5, 0.6) is 11.5 Å². The van der Waals surface area contributed by atoms with Crippen molar-refractivity contribution in [1.29, 1.82) is 0 Å². The van der Waals surface area contributed by atoms with Gasteiger partial charge in [-0.25, -0.2) is 4.79 Å². The molecule has 1 N–H and O–H groups in total. The number of rotatable bonds is 13. The summed E-state index contributed by atoms with van der Waals surface area (Å²) in [6, 6.07) is 33.3. The van der Waals surface area contributed by atoms with Gasteiger partial charge in [0.25, 0.3) is 5.91 Å². The fraction of sp³-hybridized carbons (Fsp3) is 0.212. The molecular weight excluding hydrogens is 506 g/mol. The van der Waals surface area contributed by atoms with Gasteiger partial charge in [0.1, 0.15) is 19.3 Å². The highest BCUT2D eigenvalue weighted by Crippen LogP contribution is 2.31. The first-order valence-corrected chi connectivity index (χ1v) is 13.0. The molecule has 0 radical (unpaired) electrons. The maximum atomic E-state index is 13.1. The molecule has 4 aromatic carbocycles. The molecule has 206 valence electrons. The van der Waals surface area contributed by atoms with Crippen LogP contribution in [-0.2, 0) is 38.7 Å². The van der Waals surface area contributed by atoms with Gasteiger partial charge in [0, 0.05) is 13.5 Å². The molecule has 40 heavy (non-hydrogen) atoms. The van der Waals surface area contributed by atoms with E-state index in [-0.39, 0.29) is 6.42 Å². The predicted octanol–water partition coefficient (Wildman–Crippen LogP) is 5.43. The van der Waals surface area contributed by atoms with Crippen molar-refractivity contribution in [2.45, 2.75) is 31.8 Å². The number of ether oxygens (including phenoxy) is 4. The van der Waals surface area contributed by atoms with Crippen LogP contribution in [-0.4, -0.2) is 32.1 Å². The van der Waals surface area contributed by atoms with Crippen molar-refractivity contribution in [2.75, 3.05) is 14.2 Å². The number of methoxy groups -OCH3 is 2. The van der Waals surface area contributed by atoms with Crippen LogP contribution >= 0.6 is 0 Å². The summed E-state index contributed by atoms with van der Waals surface area (Å²) < 4.78 is 22.7. The van der Waals surface area contributed by atoms with E-state index in [1.54, 1.807) is 12.1 Å². The average molecular weight is 540 g/mol. The quantitative estimate of drug-likeness (QED) is 0.228. The highest BCUT2D eigenvalue weighted by Gasteiger charge is 2.28. The van der Waals surface area contributed by atoms with Crippen molar-refractivity contribution in [3.8, 4) is 11.5 Å². The molecule has 7 nitrogen and oxygen atoms in total. The van der Waals surface area contributed by atoms with Crippen molar-refractivity contribution in [3.63, 3.8) is 0 Å². The largest absolute Gasteiger partial charge is 0.485 e. The number of hydrogen-bond donors (Lipinski definition) is 1. The highest BCUT2D eigenvalue weighted by atomic mass is 16.5. The molecule has 0 aliphatic carbocycles. The molecule has 0 heterocycles. The standard InChI is InChI=1S/C33H33NO6/c1-37-31(27-16-10-5-11-17-27)32(35)34-28(33(36)38-2)20-26-18-19-29(39-22-24-12-6-3-7-13-24)30(21-26)40-23-25-14-8-4-9-15-25/h3-19,21,28,31H,20,22-23H2,1-2H3,(H,34,35)/t28-,31-/m1/s1. The van der Waals surface area contributed by atoms with Crippen LogP contribution in [0.4, 0.5) is 0 Å². The molecule has 0 spiro atoms. The van der Waals surface area contributed by atoms with Gasteiger partial charge in [0.05, 0.1) is 7.11 Å². The van der Waals surface area contributed by atoms with E-state index in [1.807, 2.05) is 97.1 Å². The second-order valence-corrected chi connectivity index (χ2v) is 9.14. The summed E-state index contributed by atoms with van der Waals surface area (Å²) >= 11 is 0. The van der Waals surface area contributed by atoms with Crippen LogP contribution < -0.4 is 14.8 Å². The van der Waals surface area contributed by atoms with Crippen LogP contribution in [0.15, 0.2) is 109 Å². The van der Waals surface area contributed by atoms with E-state index in [4.69, 9.17) is 18.9 Å². The lowest BCUT2D eigenvalue weighted by Crippen LogP contribution is -2.45. The van der Waals surface area contributed by atoms with E-state index in [2.05, 4.69) is 5.32 Å². The summed E-state index contributed by atoms with van der Waals surface area (Å²) in [7, 11) is 2.75. The zero-order valence-corrected chi connectivity index (χ0v) is 22.6. The zero-order chi connectivity index (χ0) is 28.2. The van der Waals surface area contributed by atoms with Crippen molar-refractivity contribution >= 4 is 11.9 Å². The van der Waals surface area contributed by atoms with Crippen molar-refractivity contribution < 1.29 is 28.5 Å². The Labute approximate surface area is 234 Å². The van der Waals surface area contributed by atoms with Gasteiger partial charge < -0.3 is 24.3 Å². The molecule has 1 amide bonds. The van der Waals surface area contributed by atoms with Gasteiger partial charge in [0.15, 0.2) is 17.6 Å². The van der Waals surface area contributed by atoms with E-state index in [9.17, 15) is 9.59 Å². The minimum atomic E-state index is -0.933. The molecule has 0 saturated carbocycles. The van der Waals surface area contributed by atoms with Gasteiger partial charge in [-0.2, -0.15) is 0 Å². The van der Waals surface area contributed by atoms with E-state index >= 15 is 0 Å².